The largest absolute Gasteiger partial charge is 0.413 e. The Morgan fingerprint density at radius 2 is 1.85 bits per heavy atom. The average Bonchev–Trinajstić information content (AvgIpc) is 3.46. The SMILES string of the molecule is CN(C(=O)C1CCS(=O)(=O)CC1)C(c1ccc(Nc2cnn(-c3ccsn3)c2)cc1)C(F)(F)F. The minimum absolute atomic E-state index is 0.0352. The number of carbonyl (C=O) groups is 1. The third-order valence-corrected chi connectivity index (χ3v) is 7.97. The number of hydrogen-bond acceptors (Lipinski definition) is 7. The predicted octanol–water partition coefficient (Wildman–Crippen LogP) is 3.96. The Balaban J connectivity index is 1.48. The normalized spacial score (nSPS) is 17.3. The molecule has 0 bridgehead atoms. The van der Waals surface area contributed by atoms with Gasteiger partial charge in [0.15, 0.2) is 11.9 Å². The molecule has 3 heterocycles. The Kier molecular flexibility index (Phi) is 6.67. The van der Waals surface area contributed by atoms with Crippen molar-refractivity contribution in [3.05, 3.63) is 53.7 Å². The van der Waals surface area contributed by atoms with Crippen LogP contribution in [0.4, 0.5) is 24.5 Å². The molecule has 0 saturated carbocycles. The van der Waals surface area contributed by atoms with Crippen LogP contribution >= 0.6 is 11.5 Å². The lowest BCUT2D eigenvalue weighted by Gasteiger charge is -2.34. The molecule has 1 atom stereocenters. The highest BCUT2D eigenvalue weighted by Gasteiger charge is 2.46. The summed E-state index contributed by atoms with van der Waals surface area (Å²) >= 11 is 1.29. The van der Waals surface area contributed by atoms with Gasteiger partial charge in [-0.15, -0.1) is 0 Å². The molecule has 13 heteroatoms. The lowest BCUT2D eigenvalue weighted by molar-refractivity contribution is -0.190. The van der Waals surface area contributed by atoms with E-state index in [2.05, 4.69) is 14.8 Å². The number of aromatic nitrogens is 3. The van der Waals surface area contributed by atoms with Crippen molar-refractivity contribution in [1.82, 2.24) is 19.1 Å². The number of carbonyl (C=O) groups excluding carboxylic acids is 1. The molecule has 1 N–H and O–H groups in total. The molecule has 1 saturated heterocycles. The molecule has 1 unspecified atom stereocenters. The molecule has 1 aliphatic rings. The van der Waals surface area contributed by atoms with Gasteiger partial charge in [0.2, 0.25) is 5.91 Å². The molecule has 1 amide bonds. The number of rotatable bonds is 6. The summed E-state index contributed by atoms with van der Waals surface area (Å²) in [6.45, 7) is 0. The summed E-state index contributed by atoms with van der Waals surface area (Å²) in [7, 11) is -2.11. The van der Waals surface area contributed by atoms with Crippen LogP contribution in [0.15, 0.2) is 48.1 Å². The van der Waals surface area contributed by atoms with Gasteiger partial charge in [-0.25, -0.2) is 13.1 Å². The lowest BCUT2D eigenvalue weighted by Crippen LogP contribution is -2.44. The fourth-order valence-electron chi connectivity index (χ4n) is 3.94. The molecule has 0 radical (unpaired) electrons. The van der Waals surface area contributed by atoms with Crippen LogP contribution in [0.2, 0.25) is 0 Å². The Hall–Kier alpha value is -2.93. The number of nitrogens with one attached hydrogen (secondary N) is 1. The summed E-state index contributed by atoms with van der Waals surface area (Å²) in [4.78, 5) is 13.5. The maximum atomic E-state index is 14.0. The summed E-state index contributed by atoms with van der Waals surface area (Å²) < 4.78 is 70.9. The Bertz CT molecular complexity index is 1230. The van der Waals surface area contributed by atoms with E-state index < -0.39 is 33.9 Å². The summed E-state index contributed by atoms with van der Waals surface area (Å²) in [5, 5.41) is 9.09. The number of halogens is 3. The summed E-state index contributed by atoms with van der Waals surface area (Å²) in [6, 6.07) is 5.30. The van der Waals surface area contributed by atoms with E-state index in [4.69, 9.17) is 0 Å². The molecule has 1 fully saturated rings. The molecule has 0 aliphatic carbocycles. The molecule has 4 rings (SSSR count). The van der Waals surface area contributed by atoms with Gasteiger partial charge in [-0.05, 0) is 48.1 Å². The van der Waals surface area contributed by atoms with Crippen molar-refractivity contribution in [2.75, 3.05) is 23.9 Å². The van der Waals surface area contributed by atoms with Crippen molar-refractivity contribution >= 4 is 38.7 Å². The van der Waals surface area contributed by atoms with Crippen LogP contribution in [0.1, 0.15) is 24.4 Å². The second-order valence-corrected chi connectivity index (χ2v) is 11.1. The van der Waals surface area contributed by atoms with E-state index in [1.165, 1.54) is 35.8 Å². The van der Waals surface area contributed by atoms with Crippen LogP contribution in [0.3, 0.4) is 0 Å². The first-order valence-electron chi connectivity index (χ1n) is 10.4. The van der Waals surface area contributed by atoms with Gasteiger partial charge in [-0.1, -0.05) is 12.1 Å². The predicted molar refractivity (Wildman–Crippen MR) is 122 cm³/mol. The molecule has 182 valence electrons. The average molecular weight is 514 g/mol. The van der Waals surface area contributed by atoms with Gasteiger partial charge in [0.05, 0.1) is 29.6 Å². The zero-order valence-corrected chi connectivity index (χ0v) is 19.7. The van der Waals surface area contributed by atoms with Gasteiger partial charge in [-0.3, -0.25) is 4.79 Å². The highest BCUT2D eigenvalue weighted by molar-refractivity contribution is 7.91. The number of anilines is 2. The third kappa shape index (κ3) is 5.41. The third-order valence-electron chi connectivity index (χ3n) is 5.71. The highest BCUT2D eigenvalue weighted by atomic mass is 32.2. The number of alkyl halides is 3. The first-order chi connectivity index (χ1) is 16.0. The topological polar surface area (TPSA) is 97.2 Å². The number of benzene rings is 1. The van der Waals surface area contributed by atoms with Crippen molar-refractivity contribution in [2.24, 2.45) is 5.92 Å². The van der Waals surface area contributed by atoms with E-state index in [-0.39, 0.29) is 29.9 Å². The number of hydrogen-bond donors (Lipinski definition) is 1. The fourth-order valence-corrected chi connectivity index (χ4v) is 5.92. The molecule has 34 heavy (non-hydrogen) atoms. The van der Waals surface area contributed by atoms with E-state index in [0.29, 0.717) is 22.1 Å². The maximum absolute atomic E-state index is 14.0. The lowest BCUT2D eigenvalue weighted by atomic mass is 9.98. The molecule has 1 aliphatic heterocycles. The zero-order chi connectivity index (χ0) is 24.5. The maximum Gasteiger partial charge on any atom is 0.413 e. The second kappa shape index (κ2) is 9.37. The first kappa shape index (κ1) is 24.2. The summed E-state index contributed by atoms with van der Waals surface area (Å²) in [5.41, 5.74) is 1.09. The van der Waals surface area contributed by atoms with Gasteiger partial charge in [0.1, 0.15) is 9.84 Å². The molecule has 3 aromatic rings. The fraction of sp³-hybridized carbons (Fsp3) is 0.381. The van der Waals surface area contributed by atoms with Gasteiger partial charge < -0.3 is 10.2 Å². The Morgan fingerprint density at radius 1 is 1.18 bits per heavy atom. The van der Waals surface area contributed by atoms with E-state index in [1.54, 1.807) is 23.1 Å². The number of sulfone groups is 1. The van der Waals surface area contributed by atoms with Crippen LogP contribution < -0.4 is 5.32 Å². The Morgan fingerprint density at radius 3 is 2.44 bits per heavy atom. The standard InChI is InChI=1S/C21H22F3N5O3S2/c1-28(20(30)15-7-10-34(31,32)11-8-15)19(21(22,23)24)14-2-4-16(5-3-14)26-17-12-25-29(13-17)18-6-9-33-27-18/h2-6,9,12-13,15,19,26H,7-8,10-11H2,1H3. The second-order valence-electron chi connectivity index (χ2n) is 8.10. The van der Waals surface area contributed by atoms with Crippen LogP contribution in [0.5, 0.6) is 0 Å². The molecular formula is C21H22F3N5O3S2. The van der Waals surface area contributed by atoms with E-state index in [0.717, 1.165) is 7.05 Å². The van der Waals surface area contributed by atoms with Crippen LogP contribution in [0.25, 0.3) is 5.82 Å². The zero-order valence-electron chi connectivity index (χ0n) is 18.1. The van der Waals surface area contributed by atoms with E-state index >= 15 is 0 Å². The highest BCUT2D eigenvalue weighted by Crippen LogP contribution is 2.39. The van der Waals surface area contributed by atoms with Crippen LogP contribution in [-0.2, 0) is 14.6 Å². The van der Waals surface area contributed by atoms with Crippen LogP contribution in [0, 0.1) is 5.92 Å². The quantitative estimate of drug-likeness (QED) is 0.536. The number of amides is 1. The van der Waals surface area contributed by atoms with Crippen LogP contribution in [-0.4, -0.2) is 58.1 Å². The molecule has 1 aromatic carbocycles. The van der Waals surface area contributed by atoms with E-state index in [1.807, 2.05) is 5.38 Å². The molecule has 8 nitrogen and oxygen atoms in total. The van der Waals surface area contributed by atoms with Gasteiger partial charge in [0.25, 0.3) is 0 Å². The van der Waals surface area contributed by atoms with Gasteiger partial charge >= 0.3 is 6.18 Å². The van der Waals surface area contributed by atoms with Gasteiger partial charge in [-0.2, -0.15) is 22.6 Å². The van der Waals surface area contributed by atoms with Gasteiger partial charge in [0, 0.05) is 24.0 Å². The van der Waals surface area contributed by atoms with E-state index in [9.17, 15) is 26.4 Å². The van der Waals surface area contributed by atoms with Crippen molar-refractivity contribution in [3.8, 4) is 5.82 Å². The first-order valence-corrected chi connectivity index (χ1v) is 13.1. The smallest absolute Gasteiger partial charge is 0.353 e. The summed E-state index contributed by atoms with van der Waals surface area (Å²) in [5.74, 6) is -1.16. The monoisotopic (exact) mass is 513 g/mol. The van der Waals surface area contributed by atoms with Crippen molar-refractivity contribution in [1.29, 1.82) is 0 Å². The van der Waals surface area contributed by atoms with Crippen molar-refractivity contribution in [2.45, 2.75) is 25.1 Å². The number of nitrogens with zero attached hydrogens (tertiary/aromatic N) is 4. The Labute approximate surface area is 198 Å². The van der Waals surface area contributed by atoms with Crippen molar-refractivity contribution in [3.63, 3.8) is 0 Å². The molecule has 0 spiro atoms. The minimum Gasteiger partial charge on any atom is -0.353 e. The minimum atomic E-state index is -4.70. The van der Waals surface area contributed by atoms with Crippen molar-refractivity contribution < 1.29 is 26.4 Å². The molecular weight excluding hydrogens is 491 g/mol. The molecule has 2 aromatic heterocycles. The summed E-state index contributed by atoms with van der Waals surface area (Å²) in [6.07, 6.45) is -1.35.